The molecule has 0 heterocycles. The summed E-state index contributed by atoms with van der Waals surface area (Å²) < 4.78 is 38.2. The van der Waals surface area contributed by atoms with Crippen LogP contribution in [0.3, 0.4) is 0 Å². The average molecular weight is 369 g/mol. The van der Waals surface area contributed by atoms with E-state index in [1.807, 2.05) is 60.7 Å². The van der Waals surface area contributed by atoms with Gasteiger partial charge in [-0.2, -0.15) is 13.2 Å². The van der Waals surface area contributed by atoms with E-state index in [9.17, 15) is 13.2 Å². The summed E-state index contributed by atoms with van der Waals surface area (Å²) in [4.78, 5) is 5.49. The molecule has 3 aromatic carbocycles. The maximum atomic E-state index is 12.7. The van der Waals surface area contributed by atoms with E-state index < -0.39 is 11.7 Å². The van der Waals surface area contributed by atoms with E-state index in [1.54, 1.807) is 0 Å². The van der Waals surface area contributed by atoms with E-state index in [0.717, 1.165) is 28.8 Å². The first-order chi connectivity index (χ1) is 13.0. The molecule has 0 aromatic heterocycles. The Morgan fingerprint density at radius 1 is 0.741 bits per heavy atom. The third kappa shape index (κ3) is 5.45. The first kappa shape index (κ1) is 18.7. The molecule has 0 saturated carbocycles. The lowest BCUT2D eigenvalue weighted by Crippen LogP contribution is -2.08. The summed E-state index contributed by atoms with van der Waals surface area (Å²) in [6.45, 7) is 0.324. The van der Waals surface area contributed by atoms with E-state index >= 15 is 0 Å². The zero-order valence-electron chi connectivity index (χ0n) is 14.5. The maximum Gasteiger partial charge on any atom is 0.416 e. The third-order valence-corrected chi connectivity index (χ3v) is 4.01. The first-order valence-corrected chi connectivity index (χ1v) is 8.47. The Morgan fingerprint density at radius 3 is 1.93 bits per heavy atom. The van der Waals surface area contributed by atoms with Gasteiger partial charge in [0.15, 0.2) is 0 Å². The second-order valence-electron chi connectivity index (χ2n) is 6.03. The zero-order valence-corrected chi connectivity index (χ0v) is 14.5. The van der Waals surface area contributed by atoms with E-state index in [4.69, 9.17) is 4.84 Å². The number of oxime groups is 1. The van der Waals surface area contributed by atoms with Crippen molar-refractivity contribution in [1.29, 1.82) is 0 Å². The van der Waals surface area contributed by atoms with Crippen LogP contribution in [0.15, 0.2) is 90.1 Å². The van der Waals surface area contributed by atoms with Gasteiger partial charge >= 0.3 is 6.18 Å². The standard InChI is InChI=1S/C22H18F3NO/c23-22(24,25)20-13-11-17(12-14-20)15-21(19-9-5-2-6-10-19)26-27-16-18-7-3-1-4-8-18/h1-14H,15-16H2/b26-21+. The lowest BCUT2D eigenvalue weighted by molar-refractivity contribution is -0.137. The molecular weight excluding hydrogens is 351 g/mol. The average Bonchev–Trinajstić information content (AvgIpc) is 2.68. The number of alkyl halides is 3. The number of hydrogen-bond donors (Lipinski definition) is 0. The molecule has 138 valence electrons. The number of halogens is 3. The summed E-state index contributed by atoms with van der Waals surface area (Å²) in [7, 11) is 0. The molecule has 3 rings (SSSR count). The van der Waals surface area contributed by atoms with Gasteiger partial charge < -0.3 is 4.84 Å². The Balaban J connectivity index is 1.77. The van der Waals surface area contributed by atoms with E-state index in [0.29, 0.717) is 18.7 Å². The molecule has 2 nitrogen and oxygen atoms in total. The predicted octanol–water partition coefficient (Wildman–Crippen LogP) is 5.87. The van der Waals surface area contributed by atoms with Crippen molar-refractivity contribution in [2.45, 2.75) is 19.2 Å². The molecule has 0 aliphatic carbocycles. The number of benzene rings is 3. The molecule has 0 atom stereocenters. The number of nitrogens with zero attached hydrogens (tertiary/aromatic N) is 1. The van der Waals surface area contributed by atoms with Gasteiger partial charge in [0, 0.05) is 6.42 Å². The van der Waals surface area contributed by atoms with E-state index in [1.165, 1.54) is 12.1 Å². The molecule has 0 fully saturated rings. The van der Waals surface area contributed by atoms with Gasteiger partial charge in [-0.05, 0) is 28.8 Å². The number of hydrogen-bond acceptors (Lipinski definition) is 2. The van der Waals surface area contributed by atoms with E-state index in [-0.39, 0.29) is 0 Å². The second kappa shape index (κ2) is 8.54. The highest BCUT2D eigenvalue weighted by Gasteiger charge is 2.29. The van der Waals surface area contributed by atoms with Gasteiger partial charge in [0.2, 0.25) is 0 Å². The predicted molar refractivity (Wildman–Crippen MR) is 99.4 cm³/mol. The van der Waals surface area contributed by atoms with Gasteiger partial charge in [-0.25, -0.2) is 0 Å². The highest BCUT2D eigenvalue weighted by Crippen LogP contribution is 2.29. The summed E-state index contributed by atoms with van der Waals surface area (Å²) >= 11 is 0. The molecule has 0 aliphatic heterocycles. The van der Waals surface area contributed by atoms with Crippen molar-refractivity contribution in [3.05, 3.63) is 107 Å². The van der Waals surface area contributed by atoms with Gasteiger partial charge in [-0.15, -0.1) is 0 Å². The van der Waals surface area contributed by atoms with Gasteiger partial charge in [0.05, 0.1) is 11.3 Å². The highest BCUT2D eigenvalue weighted by atomic mass is 19.4. The Hall–Kier alpha value is -3.08. The van der Waals surface area contributed by atoms with Crippen molar-refractivity contribution in [2.75, 3.05) is 0 Å². The van der Waals surface area contributed by atoms with Crippen LogP contribution in [0.4, 0.5) is 13.2 Å². The van der Waals surface area contributed by atoms with Crippen LogP contribution in [0.2, 0.25) is 0 Å². The van der Waals surface area contributed by atoms with Crippen molar-refractivity contribution >= 4 is 5.71 Å². The van der Waals surface area contributed by atoms with Crippen molar-refractivity contribution in [3.8, 4) is 0 Å². The fourth-order valence-electron chi connectivity index (χ4n) is 2.58. The van der Waals surface area contributed by atoms with Gasteiger partial charge in [0.25, 0.3) is 0 Å². The molecule has 0 bridgehead atoms. The SMILES string of the molecule is FC(F)(F)c1ccc(C/C(=N\OCc2ccccc2)c2ccccc2)cc1. The summed E-state index contributed by atoms with van der Waals surface area (Å²) in [6.07, 6.45) is -3.97. The molecule has 0 saturated heterocycles. The maximum absolute atomic E-state index is 12.7. The molecule has 0 radical (unpaired) electrons. The zero-order chi connectivity index (χ0) is 19.1. The Bertz CT molecular complexity index is 873. The molecule has 0 spiro atoms. The van der Waals surface area contributed by atoms with Crippen LogP contribution in [-0.2, 0) is 24.0 Å². The molecular formula is C22H18F3NO. The largest absolute Gasteiger partial charge is 0.416 e. The molecule has 3 aromatic rings. The quantitative estimate of drug-likeness (QED) is 0.393. The molecule has 5 heteroatoms. The second-order valence-corrected chi connectivity index (χ2v) is 6.03. The highest BCUT2D eigenvalue weighted by molar-refractivity contribution is 6.01. The fourth-order valence-corrected chi connectivity index (χ4v) is 2.58. The van der Waals surface area contributed by atoms with Crippen LogP contribution in [0, 0.1) is 0 Å². The molecule has 27 heavy (non-hydrogen) atoms. The van der Waals surface area contributed by atoms with Crippen molar-refractivity contribution in [1.82, 2.24) is 0 Å². The van der Waals surface area contributed by atoms with Crippen LogP contribution in [0.5, 0.6) is 0 Å². The molecule has 0 unspecified atom stereocenters. The van der Waals surface area contributed by atoms with Gasteiger partial charge in [0.1, 0.15) is 6.61 Å². The Kier molecular flexibility index (Phi) is 5.91. The van der Waals surface area contributed by atoms with Crippen LogP contribution >= 0.6 is 0 Å². The van der Waals surface area contributed by atoms with E-state index in [2.05, 4.69) is 5.16 Å². The van der Waals surface area contributed by atoms with Crippen molar-refractivity contribution < 1.29 is 18.0 Å². The van der Waals surface area contributed by atoms with Crippen LogP contribution in [0.1, 0.15) is 22.3 Å². The first-order valence-electron chi connectivity index (χ1n) is 8.47. The van der Waals surface area contributed by atoms with Gasteiger partial charge in [-0.1, -0.05) is 78.0 Å². The van der Waals surface area contributed by atoms with Crippen LogP contribution in [0.25, 0.3) is 0 Å². The van der Waals surface area contributed by atoms with Crippen LogP contribution in [-0.4, -0.2) is 5.71 Å². The third-order valence-electron chi connectivity index (χ3n) is 4.01. The lowest BCUT2D eigenvalue weighted by Gasteiger charge is -2.10. The lowest BCUT2D eigenvalue weighted by atomic mass is 10.0. The Morgan fingerprint density at radius 2 is 1.33 bits per heavy atom. The minimum atomic E-state index is -4.34. The summed E-state index contributed by atoms with van der Waals surface area (Å²) in [5.41, 5.74) is 2.58. The molecule has 0 amide bonds. The van der Waals surface area contributed by atoms with Gasteiger partial charge in [-0.3, -0.25) is 0 Å². The minimum Gasteiger partial charge on any atom is -0.391 e. The topological polar surface area (TPSA) is 21.6 Å². The van der Waals surface area contributed by atoms with Crippen LogP contribution < -0.4 is 0 Å². The Labute approximate surface area is 155 Å². The molecule has 0 aliphatic rings. The summed E-state index contributed by atoms with van der Waals surface area (Å²) in [5, 5.41) is 4.25. The molecule has 0 N–H and O–H groups in total. The normalized spacial score (nSPS) is 12.0. The van der Waals surface area contributed by atoms with Crippen molar-refractivity contribution in [3.63, 3.8) is 0 Å². The number of rotatable bonds is 6. The van der Waals surface area contributed by atoms with Crippen molar-refractivity contribution in [2.24, 2.45) is 5.16 Å². The summed E-state index contributed by atoms with van der Waals surface area (Å²) in [5.74, 6) is 0. The summed E-state index contributed by atoms with van der Waals surface area (Å²) in [6, 6.07) is 24.2. The fraction of sp³-hybridized carbons (Fsp3) is 0.136. The monoisotopic (exact) mass is 369 g/mol. The smallest absolute Gasteiger partial charge is 0.391 e. The minimum absolute atomic E-state index is 0.324.